The number of ether oxygens (including phenoxy) is 1. The average molecular weight is 499 g/mol. The lowest BCUT2D eigenvalue weighted by Crippen LogP contribution is -2.22. The van der Waals surface area contributed by atoms with Crippen LogP contribution in [0.1, 0.15) is 63.6 Å². The Hall–Kier alpha value is -4.06. The summed E-state index contributed by atoms with van der Waals surface area (Å²) in [6.45, 7) is 11.2. The molecule has 0 aliphatic heterocycles. The summed E-state index contributed by atoms with van der Waals surface area (Å²) in [5.41, 5.74) is 8.42. The van der Waals surface area contributed by atoms with Crippen molar-refractivity contribution < 1.29 is 19.4 Å². The molecule has 1 amide bonds. The lowest BCUT2D eigenvalue weighted by molar-refractivity contribution is -0.139. The van der Waals surface area contributed by atoms with Gasteiger partial charge in [-0.25, -0.2) is 4.79 Å². The van der Waals surface area contributed by atoms with E-state index in [1.807, 2.05) is 49.4 Å². The van der Waals surface area contributed by atoms with E-state index in [0.29, 0.717) is 30.3 Å². The van der Waals surface area contributed by atoms with Crippen molar-refractivity contribution >= 4 is 22.8 Å². The normalized spacial score (nSPS) is 11.2. The van der Waals surface area contributed by atoms with Crippen molar-refractivity contribution in [3.63, 3.8) is 0 Å². The fourth-order valence-corrected chi connectivity index (χ4v) is 4.56. The maximum Gasteiger partial charge on any atom is 0.341 e. The Bertz CT molecular complexity index is 1470. The number of rotatable bonds is 9. The van der Waals surface area contributed by atoms with Crippen molar-refractivity contribution in [2.75, 3.05) is 6.61 Å². The molecule has 0 saturated heterocycles. The van der Waals surface area contributed by atoms with Crippen LogP contribution in [0.25, 0.3) is 10.9 Å². The second-order valence-corrected chi connectivity index (χ2v) is 9.88. The van der Waals surface area contributed by atoms with Crippen molar-refractivity contribution in [1.29, 1.82) is 0 Å². The standard InChI is InChI=1S/C31H34N2O4/c1-19(2)24-8-6-7-23(13-24)16-32-31(36)25-10-12-29-28(15-25)21(4)22(5)33(29)17-26-14-27(11-9-20(26)3)37-18-30(34)35/h6-15,19H,16-18H2,1-5H3,(H,32,36)(H,34,35). The first-order valence-corrected chi connectivity index (χ1v) is 12.5. The first-order chi connectivity index (χ1) is 17.6. The Labute approximate surface area is 217 Å². The molecule has 0 saturated carbocycles. The van der Waals surface area contributed by atoms with Crippen molar-refractivity contribution in [1.82, 2.24) is 9.88 Å². The summed E-state index contributed by atoms with van der Waals surface area (Å²) in [7, 11) is 0. The number of amides is 1. The van der Waals surface area contributed by atoms with Gasteiger partial charge in [-0.05, 0) is 84.8 Å². The molecule has 4 aromatic rings. The number of nitrogens with zero attached hydrogens (tertiary/aromatic N) is 1. The van der Waals surface area contributed by atoms with Gasteiger partial charge >= 0.3 is 5.97 Å². The van der Waals surface area contributed by atoms with Crippen LogP contribution in [0.4, 0.5) is 0 Å². The van der Waals surface area contributed by atoms with Gasteiger partial charge in [0.2, 0.25) is 0 Å². The molecule has 6 nitrogen and oxygen atoms in total. The number of carboxylic acid groups (broad SMARTS) is 1. The van der Waals surface area contributed by atoms with Crippen LogP contribution in [0.3, 0.4) is 0 Å². The van der Waals surface area contributed by atoms with E-state index in [9.17, 15) is 9.59 Å². The number of carbonyl (C=O) groups is 2. The molecule has 4 rings (SSSR count). The minimum absolute atomic E-state index is 0.0965. The minimum Gasteiger partial charge on any atom is -0.482 e. The van der Waals surface area contributed by atoms with Gasteiger partial charge in [0.15, 0.2) is 6.61 Å². The molecule has 0 atom stereocenters. The third-order valence-corrected chi connectivity index (χ3v) is 6.98. The highest BCUT2D eigenvalue weighted by Crippen LogP contribution is 2.29. The molecule has 192 valence electrons. The average Bonchev–Trinajstić information content (AvgIpc) is 3.12. The predicted molar refractivity (Wildman–Crippen MR) is 147 cm³/mol. The van der Waals surface area contributed by atoms with Crippen LogP contribution in [0, 0.1) is 20.8 Å². The van der Waals surface area contributed by atoms with Gasteiger partial charge in [0, 0.05) is 35.2 Å². The quantitative estimate of drug-likeness (QED) is 0.291. The minimum atomic E-state index is -1.01. The maximum atomic E-state index is 13.0. The van der Waals surface area contributed by atoms with Crippen LogP contribution in [0.5, 0.6) is 5.75 Å². The monoisotopic (exact) mass is 498 g/mol. The fourth-order valence-electron chi connectivity index (χ4n) is 4.56. The lowest BCUT2D eigenvalue weighted by atomic mass is 10.0. The van der Waals surface area contributed by atoms with Gasteiger partial charge in [0.1, 0.15) is 5.75 Å². The Balaban J connectivity index is 1.56. The predicted octanol–water partition coefficient (Wildman–Crippen LogP) is 6.13. The number of nitrogens with one attached hydrogen (secondary N) is 1. The molecule has 37 heavy (non-hydrogen) atoms. The zero-order valence-corrected chi connectivity index (χ0v) is 22.1. The summed E-state index contributed by atoms with van der Waals surface area (Å²) in [6, 6.07) is 19.8. The number of aryl methyl sites for hydroxylation is 2. The Kier molecular flexibility index (Phi) is 7.67. The Morgan fingerprint density at radius 1 is 1.00 bits per heavy atom. The number of carbonyl (C=O) groups excluding carboxylic acids is 1. The van der Waals surface area contributed by atoms with Crippen molar-refractivity contribution in [3.05, 3.63) is 99.7 Å². The molecule has 3 aromatic carbocycles. The van der Waals surface area contributed by atoms with Crippen molar-refractivity contribution in [2.24, 2.45) is 0 Å². The highest BCUT2D eigenvalue weighted by Gasteiger charge is 2.15. The zero-order chi connectivity index (χ0) is 26.7. The van der Waals surface area contributed by atoms with E-state index in [2.05, 4.69) is 49.7 Å². The molecule has 0 fully saturated rings. The largest absolute Gasteiger partial charge is 0.482 e. The summed E-state index contributed by atoms with van der Waals surface area (Å²) in [6.07, 6.45) is 0. The number of aromatic nitrogens is 1. The lowest BCUT2D eigenvalue weighted by Gasteiger charge is -2.13. The zero-order valence-electron chi connectivity index (χ0n) is 22.1. The molecule has 0 aliphatic rings. The van der Waals surface area contributed by atoms with E-state index in [1.54, 1.807) is 6.07 Å². The Morgan fingerprint density at radius 2 is 1.78 bits per heavy atom. The van der Waals surface area contributed by atoms with Crippen LogP contribution in [-0.2, 0) is 17.9 Å². The van der Waals surface area contributed by atoms with Crippen LogP contribution >= 0.6 is 0 Å². The topological polar surface area (TPSA) is 80.6 Å². The summed E-state index contributed by atoms with van der Waals surface area (Å²) >= 11 is 0. The van der Waals surface area contributed by atoms with E-state index < -0.39 is 5.97 Å². The van der Waals surface area contributed by atoms with E-state index in [-0.39, 0.29) is 12.5 Å². The first kappa shape index (κ1) is 26.0. The van der Waals surface area contributed by atoms with Gasteiger partial charge in [0.25, 0.3) is 5.91 Å². The SMILES string of the molecule is Cc1ccc(OCC(=O)O)cc1Cn1c(C)c(C)c2cc(C(=O)NCc3cccc(C(C)C)c3)ccc21. The van der Waals surface area contributed by atoms with E-state index in [4.69, 9.17) is 9.84 Å². The van der Waals surface area contributed by atoms with Crippen molar-refractivity contribution in [3.8, 4) is 5.75 Å². The number of aliphatic carboxylic acids is 1. The molecule has 0 spiro atoms. The first-order valence-electron chi connectivity index (χ1n) is 12.5. The molecule has 0 aliphatic carbocycles. The van der Waals surface area contributed by atoms with Gasteiger partial charge < -0.3 is 19.7 Å². The molecule has 1 aromatic heterocycles. The molecular weight excluding hydrogens is 464 g/mol. The Morgan fingerprint density at radius 3 is 2.51 bits per heavy atom. The van der Waals surface area contributed by atoms with Gasteiger partial charge in [-0.3, -0.25) is 4.79 Å². The molecule has 2 N–H and O–H groups in total. The number of fused-ring (bicyclic) bond motifs is 1. The van der Waals surface area contributed by atoms with Crippen LogP contribution in [0.2, 0.25) is 0 Å². The van der Waals surface area contributed by atoms with Gasteiger partial charge in [-0.2, -0.15) is 0 Å². The summed E-state index contributed by atoms with van der Waals surface area (Å²) < 4.78 is 7.61. The highest BCUT2D eigenvalue weighted by atomic mass is 16.5. The third-order valence-electron chi connectivity index (χ3n) is 6.98. The molecule has 0 bridgehead atoms. The maximum absolute atomic E-state index is 13.0. The second-order valence-electron chi connectivity index (χ2n) is 9.88. The van der Waals surface area contributed by atoms with E-state index >= 15 is 0 Å². The van der Waals surface area contributed by atoms with Gasteiger partial charge in [-0.15, -0.1) is 0 Å². The molecule has 0 unspecified atom stereocenters. The van der Waals surface area contributed by atoms with Gasteiger partial charge in [0.05, 0.1) is 0 Å². The second kappa shape index (κ2) is 10.9. The smallest absolute Gasteiger partial charge is 0.341 e. The number of carboxylic acids is 1. The van der Waals surface area contributed by atoms with E-state index in [1.165, 1.54) is 5.56 Å². The molecule has 6 heteroatoms. The molecular formula is C31H34N2O4. The number of hydrogen-bond donors (Lipinski definition) is 2. The highest BCUT2D eigenvalue weighted by molar-refractivity contribution is 5.99. The fraction of sp³-hybridized carbons (Fsp3) is 0.290. The summed E-state index contributed by atoms with van der Waals surface area (Å²) in [5.74, 6) is -0.127. The van der Waals surface area contributed by atoms with Crippen LogP contribution in [0.15, 0.2) is 60.7 Å². The number of benzene rings is 3. The molecule has 0 radical (unpaired) electrons. The molecule has 1 heterocycles. The van der Waals surface area contributed by atoms with E-state index in [0.717, 1.165) is 38.9 Å². The van der Waals surface area contributed by atoms with Crippen LogP contribution in [-0.4, -0.2) is 28.2 Å². The third kappa shape index (κ3) is 5.85. The van der Waals surface area contributed by atoms with Crippen LogP contribution < -0.4 is 10.1 Å². The summed E-state index contributed by atoms with van der Waals surface area (Å²) in [4.78, 5) is 23.9. The van der Waals surface area contributed by atoms with Crippen molar-refractivity contribution in [2.45, 2.75) is 53.6 Å². The number of hydrogen-bond acceptors (Lipinski definition) is 3. The summed E-state index contributed by atoms with van der Waals surface area (Å²) in [5, 5.41) is 13.0. The van der Waals surface area contributed by atoms with Gasteiger partial charge in [-0.1, -0.05) is 44.2 Å².